The summed E-state index contributed by atoms with van der Waals surface area (Å²) in [5.41, 5.74) is -7.08. The predicted octanol–water partition coefficient (Wildman–Crippen LogP) is -0.00170. The maximum atomic E-state index is 14.6. The summed E-state index contributed by atoms with van der Waals surface area (Å²) < 4.78 is 38.8. The fraction of sp³-hybridized carbons (Fsp3) is 0.244. The fourth-order valence-corrected chi connectivity index (χ4v) is 8.04. The van der Waals surface area contributed by atoms with Gasteiger partial charge in [0, 0.05) is 22.6 Å². The number of cyclic esters (lactones) is 1. The molecule has 8 rings (SSSR count). The molecule has 27 nitrogen and oxygen atoms in total. The van der Waals surface area contributed by atoms with Crippen LogP contribution in [0.4, 0.5) is 0 Å². The molecule has 27 heteroatoms. The van der Waals surface area contributed by atoms with Gasteiger partial charge in [-0.3, -0.25) is 9.59 Å². The van der Waals surface area contributed by atoms with E-state index < -0.39 is 211 Å². The number of aliphatic carboxylic acids is 1. The number of aliphatic hydroxyl groups is 1. The Hall–Kier alpha value is -9.11. The summed E-state index contributed by atoms with van der Waals surface area (Å²) in [6, 6.07) is 2.36. The number of hydrogen-bond acceptors (Lipinski definition) is 26. The van der Waals surface area contributed by atoms with Crippen molar-refractivity contribution < 1.29 is 133 Å². The van der Waals surface area contributed by atoms with Crippen molar-refractivity contribution >= 4 is 41.8 Å². The second kappa shape index (κ2) is 16.4. The first-order valence-corrected chi connectivity index (χ1v) is 19.2. The number of ether oxygens (including phenoxy) is 7. The van der Waals surface area contributed by atoms with Crippen LogP contribution in [0.15, 0.2) is 30.3 Å². The van der Waals surface area contributed by atoms with Gasteiger partial charge in [0.15, 0.2) is 70.1 Å². The molecule has 4 bridgehead atoms. The lowest BCUT2D eigenvalue weighted by Gasteiger charge is -2.44. The van der Waals surface area contributed by atoms with E-state index in [0.717, 1.165) is 0 Å². The van der Waals surface area contributed by atoms with Crippen molar-refractivity contribution in [1.29, 1.82) is 0 Å². The second-order valence-electron chi connectivity index (χ2n) is 15.2. The molecule has 0 saturated carbocycles. The van der Waals surface area contributed by atoms with Gasteiger partial charge in [-0.25, -0.2) is 24.0 Å². The van der Waals surface area contributed by atoms with Crippen LogP contribution in [0.5, 0.6) is 69.0 Å². The van der Waals surface area contributed by atoms with Crippen molar-refractivity contribution in [2.24, 2.45) is 5.92 Å². The molecule has 13 N–H and O–H groups in total. The second-order valence-corrected chi connectivity index (χ2v) is 15.2. The van der Waals surface area contributed by atoms with Gasteiger partial charge in [-0.05, 0) is 30.3 Å². The summed E-state index contributed by atoms with van der Waals surface area (Å²) in [7, 11) is 0. The van der Waals surface area contributed by atoms with Gasteiger partial charge in [0.25, 0.3) is 0 Å². The van der Waals surface area contributed by atoms with Crippen LogP contribution >= 0.6 is 0 Å². The van der Waals surface area contributed by atoms with E-state index in [0.29, 0.717) is 30.3 Å². The first kappa shape index (κ1) is 45.5. The zero-order chi connectivity index (χ0) is 49.5. The molecular weight excluding hydrogens is 924 g/mol. The van der Waals surface area contributed by atoms with Gasteiger partial charge in [0.1, 0.15) is 12.7 Å². The Labute approximate surface area is 374 Å². The normalized spacial score (nSPS) is 24.3. The van der Waals surface area contributed by atoms with Gasteiger partial charge >= 0.3 is 41.8 Å². The molecule has 0 amide bonds. The molecule has 1 saturated heterocycles. The molecule has 0 aliphatic carbocycles. The number of esters is 6. The minimum atomic E-state index is -2.58. The number of carboxylic acid groups (broad SMARTS) is 1. The zero-order valence-corrected chi connectivity index (χ0v) is 33.4. The van der Waals surface area contributed by atoms with E-state index in [1.165, 1.54) is 0 Å². The number of phenolic OH excluding ortho intramolecular Hbond substituents is 11. The molecule has 0 aromatic heterocycles. The Morgan fingerprint density at radius 3 is 1.69 bits per heavy atom. The lowest BCUT2D eigenvalue weighted by atomic mass is 9.76. The summed E-state index contributed by atoms with van der Waals surface area (Å²) in [6.45, 7) is -1.31. The Bertz CT molecular complexity index is 2900. The number of carbonyl (C=O) groups excluding carboxylic acids is 6. The van der Waals surface area contributed by atoms with Gasteiger partial charge in [-0.1, -0.05) is 0 Å². The van der Waals surface area contributed by atoms with Crippen molar-refractivity contribution in [3.63, 3.8) is 0 Å². The molecule has 4 aromatic rings. The van der Waals surface area contributed by atoms with Gasteiger partial charge in [0.05, 0.1) is 34.6 Å². The smallest absolute Gasteiger partial charge is 0.341 e. The number of fused-ring (bicyclic) bond motifs is 3. The highest BCUT2D eigenvalue weighted by atomic mass is 16.7. The predicted molar refractivity (Wildman–Crippen MR) is 206 cm³/mol. The number of hydrogen-bond donors (Lipinski definition) is 13. The van der Waals surface area contributed by atoms with E-state index in [2.05, 4.69) is 0 Å². The molecule has 4 aliphatic rings. The van der Waals surface area contributed by atoms with E-state index in [1.54, 1.807) is 0 Å². The topological polar surface area (TPSA) is 447 Å². The number of rotatable bonds is 4. The van der Waals surface area contributed by atoms with E-state index in [-0.39, 0.29) is 0 Å². The fourth-order valence-electron chi connectivity index (χ4n) is 8.04. The van der Waals surface area contributed by atoms with Crippen molar-refractivity contribution in [2.45, 2.75) is 49.1 Å². The molecule has 0 unspecified atom stereocenters. The summed E-state index contributed by atoms with van der Waals surface area (Å²) in [4.78, 5) is 96.8. The van der Waals surface area contributed by atoms with E-state index in [1.807, 2.05) is 0 Å². The minimum Gasteiger partial charge on any atom is -0.504 e. The van der Waals surface area contributed by atoms with Crippen LogP contribution in [0, 0.1) is 5.92 Å². The molecule has 4 aromatic carbocycles. The van der Waals surface area contributed by atoms with Crippen LogP contribution in [0.25, 0.3) is 11.1 Å². The first-order chi connectivity index (χ1) is 32.0. The third-order valence-electron chi connectivity index (χ3n) is 11.2. The molecule has 8 atom stereocenters. The number of aliphatic hydroxyl groups excluding tert-OH is 1. The van der Waals surface area contributed by atoms with Crippen molar-refractivity contribution in [3.8, 4) is 80.1 Å². The summed E-state index contributed by atoms with van der Waals surface area (Å²) in [6.07, 6.45) is -16.3. The molecule has 0 spiro atoms. The molecule has 356 valence electrons. The van der Waals surface area contributed by atoms with Crippen LogP contribution in [0.1, 0.15) is 59.3 Å². The SMILES string of the molecule is O=C(O)C[C@@H]1C(=O)O[C@H]2[C@H]3OC(=O)c4cc(O)c(O)c(O)c4-c4c(cc(O)c(O)c4O)C(=O)OC[C@H]2O[C@@H](OC(=O)c2cc(O)c(O)c(O)c2)[C@H]3OC(=O)c2cc(O)c(O)c3c2[C@@H]1[C@H](O)C(=O)O3. The molecule has 0 radical (unpaired) electrons. The van der Waals surface area contributed by atoms with Gasteiger partial charge in [-0.15, -0.1) is 0 Å². The van der Waals surface area contributed by atoms with Gasteiger partial charge < -0.3 is 99.5 Å². The minimum absolute atomic E-state index is 0.361. The van der Waals surface area contributed by atoms with E-state index in [9.17, 15) is 99.9 Å². The summed E-state index contributed by atoms with van der Waals surface area (Å²) >= 11 is 0. The maximum Gasteiger partial charge on any atom is 0.341 e. The van der Waals surface area contributed by atoms with Crippen LogP contribution < -0.4 is 4.74 Å². The maximum absolute atomic E-state index is 14.6. The number of benzene rings is 4. The number of phenols is 11. The molecule has 1 fully saturated rings. The van der Waals surface area contributed by atoms with Crippen LogP contribution in [-0.2, 0) is 42.8 Å². The number of carboxylic acids is 1. The lowest BCUT2D eigenvalue weighted by molar-refractivity contribution is -0.287. The van der Waals surface area contributed by atoms with Gasteiger partial charge in [-0.2, -0.15) is 0 Å². The number of aromatic hydroxyl groups is 11. The highest BCUT2D eigenvalue weighted by molar-refractivity contribution is 6.08. The molecule has 68 heavy (non-hydrogen) atoms. The standard InChI is InChI=1S/C41H30O27/c42-13-1-8(2-14(43)24(13)49)35(56)68-41-34-33-31(64-39(60)12(6-19(47)48)22-23-11(38(59)67-34)5-17(46)27(52)32(23)65-40(61)30(22)55)18(63-41)7-62-36(57)9-3-15(44)25(50)28(53)20(9)21-10(37(58)66-33)4-16(45)26(51)29(21)54/h1-5,12,18,22,30-31,33-34,41-46,49-55H,6-7H2,(H,47,48)/t12-,18+,22+,30-,31+,33+,34-,41-/m0/s1. The van der Waals surface area contributed by atoms with Crippen LogP contribution in [0.2, 0.25) is 0 Å². The highest BCUT2D eigenvalue weighted by Gasteiger charge is 2.58. The molecular formula is C41H30O27. The third kappa shape index (κ3) is 7.31. The molecule has 4 heterocycles. The summed E-state index contributed by atoms with van der Waals surface area (Å²) in [5, 5.41) is 137. The van der Waals surface area contributed by atoms with Gasteiger partial charge in [0.2, 0.25) is 29.6 Å². The van der Waals surface area contributed by atoms with E-state index >= 15 is 0 Å². The quantitative estimate of drug-likeness (QED) is 0.0554. The Balaban J connectivity index is 1.39. The van der Waals surface area contributed by atoms with Crippen molar-refractivity contribution in [2.75, 3.05) is 6.61 Å². The largest absolute Gasteiger partial charge is 0.504 e. The van der Waals surface area contributed by atoms with Crippen LogP contribution in [0.3, 0.4) is 0 Å². The Kier molecular flexibility index (Phi) is 11.0. The van der Waals surface area contributed by atoms with Crippen molar-refractivity contribution in [3.05, 3.63) is 58.1 Å². The van der Waals surface area contributed by atoms with E-state index in [4.69, 9.17) is 33.2 Å². The Morgan fingerprint density at radius 1 is 0.588 bits per heavy atom. The average molecular weight is 955 g/mol. The monoisotopic (exact) mass is 954 g/mol. The highest BCUT2D eigenvalue weighted by Crippen LogP contribution is 2.54. The lowest BCUT2D eigenvalue weighted by Crippen LogP contribution is -2.63. The zero-order valence-electron chi connectivity index (χ0n) is 33.4. The number of carbonyl (C=O) groups is 7. The average Bonchev–Trinajstić information content (AvgIpc) is 3.28. The molecule has 4 aliphatic heterocycles. The van der Waals surface area contributed by atoms with Crippen LogP contribution in [-0.4, -0.2) is 152 Å². The summed E-state index contributed by atoms with van der Waals surface area (Å²) in [5.74, 6) is -32.0. The Morgan fingerprint density at radius 2 is 1.10 bits per heavy atom. The first-order valence-electron chi connectivity index (χ1n) is 19.2. The van der Waals surface area contributed by atoms with Crippen molar-refractivity contribution in [1.82, 2.24) is 0 Å². The third-order valence-corrected chi connectivity index (χ3v) is 11.2.